The van der Waals surface area contributed by atoms with E-state index in [1.54, 1.807) is 24.5 Å². The number of hydrogen-bond donors (Lipinski definition) is 0. The first-order chi connectivity index (χ1) is 15.9. The number of methoxy groups -OCH3 is 1. The molecule has 4 nitrogen and oxygen atoms in total. The smallest absolute Gasteiger partial charge is 0.246 e. The molecule has 1 aliphatic carbocycles. The van der Waals surface area contributed by atoms with Crippen molar-refractivity contribution in [2.45, 2.75) is 37.1 Å². The van der Waals surface area contributed by atoms with Gasteiger partial charge in [-0.2, -0.15) is 0 Å². The number of piperidine rings is 1. The van der Waals surface area contributed by atoms with Gasteiger partial charge in [-0.05, 0) is 83.9 Å². The lowest BCUT2D eigenvalue weighted by atomic mass is 9.57. The lowest BCUT2D eigenvalue weighted by molar-refractivity contribution is -0.128. The monoisotopic (exact) mass is 528 g/mol. The molecular formula is C27H33BrN2O2S. The fourth-order valence-electron chi connectivity index (χ4n) is 5.67. The van der Waals surface area contributed by atoms with Gasteiger partial charge in [-0.3, -0.25) is 9.69 Å². The fraction of sp³-hybridized carbons (Fsp3) is 0.444. The normalized spacial score (nSPS) is 25.5. The Bertz CT molecular complexity index is 1020. The number of benzene rings is 1. The Hall–Kier alpha value is -1.89. The predicted molar refractivity (Wildman–Crippen MR) is 141 cm³/mol. The third-order valence-corrected chi connectivity index (χ3v) is 9.15. The molecule has 2 heterocycles. The maximum Gasteiger partial charge on any atom is 0.246 e. The second-order valence-electron chi connectivity index (χ2n) is 9.27. The first-order valence-electron chi connectivity index (χ1n) is 11.6. The van der Waals surface area contributed by atoms with Crippen molar-refractivity contribution >= 4 is 39.2 Å². The van der Waals surface area contributed by atoms with Gasteiger partial charge in [-0.25, -0.2) is 0 Å². The van der Waals surface area contributed by atoms with Crippen LogP contribution in [0.4, 0.5) is 0 Å². The standard InChI is InChI=1S/C27H33BrN2O2S/c1-4-13-30-14-12-27(20-6-5-7-24(15-20)32-3)17-23(9-8-21(27)18-30)29(2)26(31)11-10-25-16-22(28)19-33-25/h4-7,10-11,15-16,19,21,23H,1,8-9,12-14,17-18H2,2-3H3/b11-10+/t21-,23+,27+/m1/s1. The Morgan fingerprint density at radius 3 is 2.97 bits per heavy atom. The third kappa shape index (κ3) is 5.28. The molecule has 0 radical (unpaired) electrons. The van der Waals surface area contributed by atoms with Gasteiger partial charge >= 0.3 is 0 Å². The van der Waals surface area contributed by atoms with Crippen LogP contribution in [-0.2, 0) is 10.2 Å². The number of carbonyl (C=O) groups is 1. The second kappa shape index (κ2) is 10.6. The van der Waals surface area contributed by atoms with Crippen molar-refractivity contribution < 1.29 is 9.53 Å². The molecule has 6 heteroatoms. The van der Waals surface area contributed by atoms with Gasteiger partial charge in [0.15, 0.2) is 0 Å². The molecule has 1 aliphatic heterocycles. The molecule has 0 unspecified atom stereocenters. The van der Waals surface area contributed by atoms with E-state index in [1.165, 1.54) is 5.56 Å². The van der Waals surface area contributed by atoms with Crippen LogP contribution in [0.3, 0.4) is 0 Å². The molecule has 0 N–H and O–H groups in total. The highest BCUT2D eigenvalue weighted by Gasteiger charge is 2.49. The van der Waals surface area contributed by atoms with Crippen LogP contribution in [0.15, 0.2) is 58.9 Å². The topological polar surface area (TPSA) is 32.8 Å². The zero-order valence-corrected chi connectivity index (χ0v) is 21.9. The summed E-state index contributed by atoms with van der Waals surface area (Å²) < 4.78 is 6.62. The summed E-state index contributed by atoms with van der Waals surface area (Å²) >= 11 is 5.11. The predicted octanol–water partition coefficient (Wildman–Crippen LogP) is 5.99. The Labute approximate surface area is 210 Å². The number of fused-ring (bicyclic) bond motifs is 1. The summed E-state index contributed by atoms with van der Waals surface area (Å²) in [7, 11) is 3.70. The number of thiophene rings is 1. The van der Waals surface area contributed by atoms with E-state index in [4.69, 9.17) is 4.74 Å². The van der Waals surface area contributed by atoms with E-state index in [-0.39, 0.29) is 17.4 Å². The minimum absolute atomic E-state index is 0.0615. The Balaban J connectivity index is 1.57. The lowest BCUT2D eigenvalue weighted by Crippen LogP contribution is -2.56. The van der Waals surface area contributed by atoms with Crippen molar-refractivity contribution in [3.63, 3.8) is 0 Å². The van der Waals surface area contributed by atoms with E-state index < -0.39 is 0 Å². The zero-order chi connectivity index (χ0) is 23.4. The van der Waals surface area contributed by atoms with Crippen molar-refractivity contribution in [3.8, 4) is 5.75 Å². The van der Waals surface area contributed by atoms with Crippen LogP contribution in [0.5, 0.6) is 5.75 Å². The van der Waals surface area contributed by atoms with E-state index in [0.29, 0.717) is 5.92 Å². The highest BCUT2D eigenvalue weighted by molar-refractivity contribution is 9.10. The summed E-state index contributed by atoms with van der Waals surface area (Å²) in [4.78, 5) is 18.6. The van der Waals surface area contributed by atoms with Gasteiger partial charge in [0, 0.05) is 52.4 Å². The number of ether oxygens (including phenoxy) is 1. The number of halogens is 1. The molecular weight excluding hydrogens is 496 g/mol. The van der Waals surface area contributed by atoms with Gasteiger partial charge in [0.05, 0.1) is 7.11 Å². The van der Waals surface area contributed by atoms with E-state index in [9.17, 15) is 4.79 Å². The SMILES string of the molecule is C=CCN1CC[C@@]2(c3cccc(OC)c3)C[C@@H](N(C)C(=O)/C=C/c3cc(Br)cs3)CC[C@@H]2C1. The fourth-order valence-corrected chi connectivity index (χ4v) is 7.00. The molecule has 2 fully saturated rings. The first-order valence-corrected chi connectivity index (χ1v) is 13.3. The number of rotatable bonds is 7. The number of carbonyl (C=O) groups excluding carboxylic acids is 1. The molecule has 176 valence electrons. The van der Waals surface area contributed by atoms with Crippen LogP contribution in [0.1, 0.15) is 36.1 Å². The summed E-state index contributed by atoms with van der Waals surface area (Å²) in [6.45, 7) is 7.02. The van der Waals surface area contributed by atoms with Gasteiger partial charge in [0.25, 0.3) is 0 Å². The molecule has 0 spiro atoms. The molecule has 1 aromatic carbocycles. The molecule has 2 aliphatic rings. The molecule has 1 saturated heterocycles. The maximum atomic E-state index is 13.1. The van der Waals surface area contributed by atoms with E-state index in [2.05, 4.69) is 45.6 Å². The lowest BCUT2D eigenvalue weighted by Gasteiger charge is -2.54. The molecule has 4 rings (SSSR count). The van der Waals surface area contributed by atoms with Crippen LogP contribution in [-0.4, -0.2) is 55.5 Å². The van der Waals surface area contributed by atoms with Crippen LogP contribution in [0, 0.1) is 5.92 Å². The van der Waals surface area contributed by atoms with Crippen LogP contribution in [0.25, 0.3) is 6.08 Å². The Morgan fingerprint density at radius 1 is 1.39 bits per heavy atom. The molecule has 1 amide bonds. The molecule has 1 saturated carbocycles. The second-order valence-corrected chi connectivity index (χ2v) is 11.1. The van der Waals surface area contributed by atoms with Gasteiger partial charge in [0.2, 0.25) is 5.91 Å². The first kappa shape index (κ1) is 24.2. The highest BCUT2D eigenvalue weighted by atomic mass is 79.9. The van der Waals surface area contributed by atoms with Crippen molar-refractivity contribution in [1.29, 1.82) is 0 Å². The van der Waals surface area contributed by atoms with Gasteiger partial charge < -0.3 is 9.64 Å². The Kier molecular flexibility index (Phi) is 7.77. The zero-order valence-electron chi connectivity index (χ0n) is 19.5. The van der Waals surface area contributed by atoms with Crippen molar-refractivity contribution in [2.75, 3.05) is 33.8 Å². The van der Waals surface area contributed by atoms with Crippen molar-refractivity contribution in [2.24, 2.45) is 5.92 Å². The number of hydrogen-bond acceptors (Lipinski definition) is 4. The highest BCUT2D eigenvalue weighted by Crippen LogP contribution is 2.50. The summed E-state index contributed by atoms with van der Waals surface area (Å²) in [5.74, 6) is 1.55. The van der Waals surface area contributed by atoms with Crippen LogP contribution >= 0.6 is 27.3 Å². The number of nitrogens with zero attached hydrogens (tertiary/aromatic N) is 2. The minimum atomic E-state index is 0.0615. The molecule has 2 aromatic rings. The average Bonchev–Trinajstić information content (AvgIpc) is 3.27. The molecule has 3 atom stereocenters. The summed E-state index contributed by atoms with van der Waals surface area (Å²) in [5, 5.41) is 2.03. The van der Waals surface area contributed by atoms with Crippen molar-refractivity contribution in [3.05, 3.63) is 69.4 Å². The summed E-state index contributed by atoms with van der Waals surface area (Å²) in [6.07, 6.45) is 9.90. The van der Waals surface area contributed by atoms with Crippen molar-refractivity contribution in [1.82, 2.24) is 9.80 Å². The number of likely N-dealkylation sites (tertiary alicyclic amines) is 1. The molecule has 1 aromatic heterocycles. The van der Waals surface area contributed by atoms with Crippen LogP contribution in [0.2, 0.25) is 0 Å². The van der Waals surface area contributed by atoms with Crippen LogP contribution < -0.4 is 4.74 Å². The molecule has 0 bridgehead atoms. The Morgan fingerprint density at radius 2 is 2.24 bits per heavy atom. The molecule has 33 heavy (non-hydrogen) atoms. The summed E-state index contributed by atoms with van der Waals surface area (Å²) in [6, 6.07) is 10.9. The van der Waals surface area contributed by atoms with Gasteiger partial charge in [-0.1, -0.05) is 18.2 Å². The van der Waals surface area contributed by atoms with E-state index in [1.807, 2.05) is 41.6 Å². The third-order valence-electron chi connectivity index (χ3n) is 7.49. The number of amides is 1. The quantitative estimate of drug-likeness (QED) is 0.326. The minimum Gasteiger partial charge on any atom is -0.497 e. The van der Waals surface area contributed by atoms with Gasteiger partial charge in [-0.15, -0.1) is 17.9 Å². The van der Waals surface area contributed by atoms with E-state index in [0.717, 1.165) is 60.4 Å². The maximum absolute atomic E-state index is 13.1. The largest absolute Gasteiger partial charge is 0.497 e. The number of likely N-dealkylation sites (N-methyl/N-ethyl adjacent to an activating group) is 1. The van der Waals surface area contributed by atoms with E-state index >= 15 is 0 Å². The van der Waals surface area contributed by atoms with Gasteiger partial charge in [0.1, 0.15) is 5.75 Å². The summed E-state index contributed by atoms with van der Waals surface area (Å²) in [5.41, 5.74) is 1.42. The average molecular weight is 530 g/mol.